The zero-order valence-corrected chi connectivity index (χ0v) is 12.3. The van der Waals surface area contributed by atoms with Crippen molar-refractivity contribution < 1.29 is 13.2 Å². The van der Waals surface area contributed by atoms with Gasteiger partial charge in [-0.2, -0.15) is 5.10 Å². The van der Waals surface area contributed by atoms with Gasteiger partial charge in [-0.05, 0) is 33.6 Å². The summed E-state index contributed by atoms with van der Waals surface area (Å²) in [4.78, 5) is 0.121. The van der Waals surface area contributed by atoms with E-state index in [2.05, 4.69) is 5.10 Å². The molecule has 2 unspecified atom stereocenters. The second-order valence-corrected chi connectivity index (χ2v) is 7.27. The van der Waals surface area contributed by atoms with Gasteiger partial charge in [-0.25, -0.2) is 8.42 Å². The Morgan fingerprint density at radius 2 is 2.11 bits per heavy atom. The van der Waals surface area contributed by atoms with E-state index in [0.717, 1.165) is 12.8 Å². The first-order valence-electron chi connectivity index (χ1n) is 5.93. The van der Waals surface area contributed by atoms with Gasteiger partial charge in [0.1, 0.15) is 4.90 Å². The zero-order valence-electron chi connectivity index (χ0n) is 10.7. The molecule has 2 atom stereocenters. The number of aromatic nitrogens is 2. The van der Waals surface area contributed by atoms with E-state index in [4.69, 9.17) is 15.4 Å². The molecule has 0 spiro atoms. The van der Waals surface area contributed by atoms with E-state index in [1.54, 1.807) is 18.5 Å². The van der Waals surface area contributed by atoms with Gasteiger partial charge < -0.3 is 4.74 Å². The maximum absolute atomic E-state index is 11.5. The van der Waals surface area contributed by atoms with E-state index >= 15 is 0 Å². The van der Waals surface area contributed by atoms with Gasteiger partial charge in [0.15, 0.2) is 0 Å². The molecule has 0 aliphatic carbocycles. The van der Waals surface area contributed by atoms with Crippen LogP contribution in [0.3, 0.4) is 0 Å². The largest absolute Gasteiger partial charge is 0.373 e. The Bertz CT molecular complexity index is 553. The van der Waals surface area contributed by atoms with Crippen LogP contribution >= 0.6 is 10.7 Å². The van der Waals surface area contributed by atoms with Crippen LogP contribution in [0.4, 0.5) is 0 Å². The molecular formula is C11H17ClN2O3S. The fourth-order valence-electron chi connectivity index (χ4n) is 2.42. The molecule has 0 saturated carbocycles. The van der Waals surface area contributed by atoms with Crippen molar-refractivity contribution in [3.05, 3.63) is 11.4 Å². The van der Waals surface area contributed by atoms with Crippen LogP contribution in [0.5, 0.6) is 0 Å². The number of nitrogens with zero attached hydrogens (tertiary/aromatic N) is 2. The summed E-state index contributed by atoms with van der Waals surface area (Å²) in [5, 5.41) is 4.24. The quantitative estimate of drug-likeness (QED) is 0.800. The summed E-state index contributed by atoms with van der Waals surface area (Å²) in [6.45, 7) is 5.98. The van der Waals surface area contributed by atoms with Crippen LogP contribution in [-0.4, -0.2) is 30.4 Å². The zero-order chi connectivity index (χ0) is 13.5. The molecule has 2 rings (SSSR count). The van der Waals surface area contributed by atoms with Crippen molar-refractivity contribution in [2.45, 2.75) is 57.3 Å². The Labute approximate surface area is 111 Å². The molecule has 7 heteroatoms. The minimum atomic E-state index is -3.74. The summed E-state index contributed by atoms with van der Waals surface area (Å²) in [6.07, 6.45) is 2.37. The molecule has 1 aliphatic rings. The van der Waals surface area contributed by atoms with Gasteiger partial charge in [0.2, 0.25) is 0 Å². The lowest BCUT2D eigenvalue weighted by Gasteiger charge is -2.12. The van der Waals surface area contributed by atoms with Gasteiger partial charge in [0.05, 0.1) is 30.1 Å². The van der Waals surface area contributed by atoms with E-state index in [1.807, 2.05) is 6.92 Å². The molecule has 1 fully saturated rings. The number of aryl methyl sites for hydroxylation is 1. The van der Waals surface area contributed by atoms with Crippen molar-refractivity contribution in [2.75, 3.05) is 0 Å². The molecule has 0 bridgehead atoms. The summed E-state index contributed by atoms with van der Waals surface area (Å²) in [7, 11) is 1.67. The molecular weight excluding hydrogens is 276 g/mol. The molecule has 102 valence electrons. The van der Waals surface area contributed by atoms with Crippen LogP contribution in [0.2, 0.25) is 0 Å². The van der Waals surface area contributed by atoms with E-state index < -0.39 is 9.05 Å². The lowest BCUT2D eigenvalue weighted by molar-refractivity contribution is 0.0432. The lowest BCUT2D eigenvalue weighted by atomic mass is 10.2. The smallest absolute Gasteiger partial charge is 0.264 e. The third kappa shape index (κ3) is 2.70. The van der Waals surface area contributed by atoms with Crippen LogP contribution in [0.1, 0.15) is 31.2 Å². The molecule has 1 aliphatic heterocycles. The fourth-order valence-corrected chi connectivity index (χ4v) is 3.95. The van der Waals surface area contributed by atoms with Gasteiger partial charge in [-0.3, -0.25) is 4.68 Å². The van der Waals surface area contributed by atoms with Crippen LogP contribution in [-0.2, 0) is 20.3 Å². The number of ether oxygens (including phenoxy) is 1. The Balaban J connectivity index is 2.25. The van der Waals surface area contributed by atoms with Crippen LogP contribution in [0.15, 0.2) is 4.90 Å². The summed E-state index contributed by atoms with van der Waals surface area (Å²) in [6, 6.07) is 0. The first-order valence-corrected chi connectivity index (χ1v) is 8.24. The normalized spacial score (nSPS) is 24.7. The van der Waals surface area contributed by atoms with Crippen LogP contribution in [0.25, 0.3) is 0 Å². The maximum Gasteiger partial charge on any atom is 0.264 e. The molecule has 18 heavy (non-hydrogen) atoms. The second kappa shape index (κ2) is 4.83. The molecule has 2 heterocycles. The van der Waals surface area contributed by atoms with Gasteiger partial charge in [-0.15, -0.1) is 0 Å². The first-order chi connectivity index (χ1) is 8.29. The highest BCUT2D eigenvalue weighted by molar-refractivity contribution is 8.13. The molecule has 0 radical (unpaired) electrons. The van der Waals surface area contributed by atoms with Gasteiger partial charge in [-0.1, -0.05) is 0 Å². The highest BCUT2D eigenvalue weighted by Gasteiger charge is 2.26. The van der Waals surface area contributed by atoms with Crippen molar-refractivity contribution in [1.82, 2.24) is 9.78 Å². The maximum atomic E-state index is 11.5. The van der Waals surface area contributed by atoms with E-state index in [-0.39, 0.29) is 17.1 Å². The number of hydrogen-bond acceptors (Lipinski definition) is 4. The van der Waals surface area contributed by atoms with Gasteiger partial charge in [0, 0.05) is 10.7 Å². The number of halogens is 1. The monoisotopic (exact) mass is 292 g/mol. The molecule has 0 aromatic carbocycles. The predicted octanol–water partition coefficient (Wildman–Crippen LogP) is 1.99. The number of rotatable bonds is 3. The van der Waals surface area contributed by atoms with Crippen molar-refractivity contribution in [1.29, 1.82) is 0 Å². The Kier molecular flexibility index (Phi) is 3.71. The molecule has 1 aromatic heterocycles. The standard InChI is InChI=1S/C11H17ClN2O3S/c1-7-4-5-10(17-7)6-14-9(3)11(8(2)13-14)18(12,15)16/h7,10H,4-6H2,1-3H3. The number of hydrogen-bond donors (Lipinski definition) is 0. The molecule has 1 saturated heterocycles. The van der Waals surface area contributed by atoms with E-state index in [9.17, 15) is 8.42 Å². The van der Waals surface area contributed by atoms with E-state index in [0.29, 0.717) is 17.9 Å². The Morgan fingerprint density at radius 1 is 1.44 bits per heavy atom. The van der Waals surface area contributed by atoms with Crippen LogP contribution < -0.4 is 0 Å². The molecule has 1 aromatic rings. The summed E-state index contributed by atoms with van der Waals surface area (Å²) >= 11 is 0. The Hall–Kier alpha value is -0.590. The van der Waals surface area contributed by atoms with Crippen molar-refractivity contribution in [3.63, 3.8) is 0 Å². The average molecular weight is 293 g/mol. The highest BCUT2D eigenvalue weighted by Crippen LogP contribution is 2.25. The molecule has 5 nitrogen and oxygen atoms in total. The first kappa shape index (κ1) is 13.8. The fraction of sp³-hybridized carbons (Fsp3) is 0.727. The predicted molar refractivity (Wildman–Crippen MR) is 68.3 cm³/mol. The van der Waals surface area contributed by atoms with Crippen LogP contribution in [0, 0.1) is 13.8 Å². The highest BCUT2D eigenvalue weighted by atomic mass is 35.7. The Morgan fingerprint density at radius 3 is 2.56 bits per heavy atom. The van der Waals surface area contributed by atoms with Crippen molar-refractivity contribution >= 4 is 19.7 Å². The third-order valence-electron chi connectivity index (χ3n) is 3.26. The molecule has 0 amide bonds. The topological polar surface area (TPSA) is 61.2 Å². The van der Waals surface area contributed by atoms with E-state index in [1.165, 1.54) is 0 Å². The molecule has 0 N–H and O–H groups in total. The summed E-state index contributed by atoms with van der Waals surface area (Å²) < 4.78 is 30.3. The van der Waals surface area contributed by atoms with Crippen molar-refractivity contribution in [3.8, 4) is 0 Å². The summed E-state index contributed by atoms with van der Waals surface area (Å²) in [5.74, 6) is 0. The van der Waals surface area contributed by atoms with Gasteiger partial charge in [0.25, 0.3) is 9.05 Å². The SMILES string of the molecule is Cc1nn(CC2CCC(C)O2)c(C)c1S(=O)(=O)Cl. The average Bonchev–Trinajstić information content (AvgIpc) is 2.71. The minimum absolute atomic E-state index is 0.101. The summed E-state index contributed by atoms with van der Waals surface area (Å²) in [5.41, 5.74) is 1.01. The minimum Gasteiger partial charge on any atom is -0.373 e. The lowest BCUT2D eigenvalue weighted by Crippen LogP contribution is -2.18. The van der Waals surface area contributed by atoms with Crippen molar-refractivity contribution in [2.24, 2.45) is 0 Å². The third-order valence-corrected chi connectivity index (χ3v) is 4.80. The second-order valence-electron chi connectivity index (χ2n) is 4.77. The van der Waals surface area contributed by atoms with Gasteiger partial charge >= 0.3 is 0 Å².